The van der Waals surface area contributed by atoms with E-state index in [2.05, 4.69) is 15.9 Å². The van der Waals surface area contributed by atoms with E-state index in [0.29, 0.717) is 18.4 Å². The molecule has 0 radical (unpaired) electrons. The lowest BCUT2D eigenvalue weighted by Crippen LogP contribution is -2.30. The average molecular weight is 297 g/mol. The van der Waals surface area contributed by atoms with Gasteiger partial charge in [-0.25, -0.2) is 4.79 Å². The van der Waals surface area contributed by atoms with Crippen molar-refractivity contribution in [2.24, 2.45) is 0 Å². The molecule has 0 heterocycles. The van der Waals surface area contributed by atoms with Gasteiger partial charge in [0.2, 0.25) is 0 Å². The zero-order valence-corrected chi connectivity index (χ0v) is 10.9. The van der Waals surface area contributed by atoms with E-state index >= 15 is 0 Å². The smallest absolute Gasteiger partial charge is 0.338 e. The monoisotopic (exact) mass is 296 g/mol. The number of ether oxygens (including phenoxy) is 1. The molecule has 0 saturated heterocycles. The predicted octanol–water partition coefficient (Wildman–Crippen LogP) is 3.12. The number of hydrogen-bond acceptors (Lipinski definition) is 3. The van der Waals surface area contributed by atoms with Gasteiger partial charge in [0.25, 0.3) is 0 Å². The van der Waals surface area contributed by atoms with E-state index in [1.807, 2.05) is 0 Å². The van der Waals surface area contributed by atoms with Crippen molar-refractivity contribution in [3.63, 3.8) is 0 Å². The third kappa shape index (κ3) is 3.16. The van der Waals surface area contributed by atoms with Gasteiger partial charge in [-0.3, -0.25) is 4.79 Å². The maximum atomic E-state index is 11.8. The molecule has 0 aromatic heterocycles. The number of halogens is 1. The molecule has 3 nitrogen and oxygen atoms in total. The lowest BCUT2D eigenvalue weighted by atomic mass is 9.96. The van der Waals surface area contributed by atoms with Gasteiger partial charge >= 0.3 is 5.97 Å². The summed E-state index contributed by atoms with van der Waals surface area (Å²) in [5.41, 5.74) is 0.478. The molecule has 17 heavy (non-hydrogen) atoms. The number of rotatable bonds is 2. The standard InChI is InChI=1S/C13H13BrO3/c14-10-7-5-9(6-8-10)13(16)17-12-4-2-1-3-11(12)15/h5-8,12H,1-4H2/t12-/m1/s1. The minimum absolute atomic E-state index is 0.0433. The van der Waals surface area contributed by atoms with E-state index in [0.717, 1.165) is 17.3 Å². The highest BCUT2D eigenvalue weighted by molar-refractivity contribution is 9.10. The molecule has 1 aliphatic rings. The first-order valence-electron chi connectivity index (χ1n) is 5.66. The molecule has 1 fully saturated rings. The van der Waals surface area contributed by atoms with Gasteiger partial charge in [-0.05, 0) is 43.5 Å². The number of Topliss-reactive ketones (excluding diaryl/α,β-unsaturated/α-hetero) is 1. The van der Waals surface area contributed by atoms with Crippen LogP contribution in [-0.2, 0) is 9.53 Å². The van der Waals surface area contributed by atoms with Crippen molar-refractivity contribution in [3.05, 3.63) is 34.3 Å². The van der Waals surface area contributed by atoms with Crippen molar-refractivity contribution in [2.75, 3.05) is 0 Å². The Morgan fingerprint density at radius 1 is 1.24 bits per heavy atom. The molecular formula is C13H13BrO3. The fourth-order valence-electron chi connectivity index (χ4n) is 1.86. The first-order chi connectivity index (χ1) is 8.16. The summed E-state index contributed by atoms with van der Waals surface area (Å²) in [7, 11) is 0. The summed E-state index contributed by atoms with van der Waals surface area (Å²) in [5, 5.41) is 0. The number of hydrogen-bond donors (Lipinski definition) is 0. The van der Waals surface area contributed by atoms with E-state index in [1.54, 1.807) is 24.3 Å². The molecule has 0 unspecified atom stereocenters. The summed E-state index contributed by atoms with van der Waals surface area (Å²) in [6.45, 7) is 0. The van der Waals surface area contributed by atoms with Crippen LogP contribution in [0, 0.1) is 0 Å². The van der Waals surface area contributed by atoms with Gasteiger partial charge in [-0.1, -0.05) is 15.9 Å². The molecule has 1 aromatic rings. The maximum Gasteiger partial charge on any atom is 0.338 e. The predicted molar refractivity (Wildman–Crippen MR) is 66.8 cm³/mol. The lowest BCUT2D eigenvalue weighted by Gasteiger charge is -2.20. The van der Waals surface area contributed by atoms with Gasteiger partial charge in [-0.2, -0.15) is 0 Å². The summed E-state index contributed by atoms with van der Waals surface area (Å²) in [6.07, 6.45) is 2.49. The minimum Gasteiger partial charge on any atom is -0.451 e. The highest BCUT2D eigenvalue weighted by atomic mass is 79.9. The Hall–Kier alpha value is -1.16. The normalized spacial score (nSPS) is 20.1. The largest absolute Gasteiger partial charge is 0.451 e. The van der Waals surface area contributed by atoms with Crippen LogP contribution < -0.4 is 0 Å². The third-order valence-electron chi connectivity index (χ3n) is 2.83. The van der Waals surface area contributed by atoms with Crippen molar-refractivity contribution >= 4 is 27.7 Å². The zero-order valence-electron chi connectivity index (χ0n) is 9.32. The van der Waals surface area contributed by atoms with Crippen LogP contribution in [0.4, 0.5) is 0 Å². The topological polar surface area (TPSA) is 43.4 Å². The highest BCUT2D eigenvalue weighted by Crippen LogP contribution is 2.19. The molecule has 0 aliphatic heterocycles. The van der Waals surface area contributed by atoms with Crippen molar-refractivity contribution < 1.29 is 14.3 Å². The number of carbonyl (C=O) groups excluding carboxylic acids is 2. The first kappa shape index (κ1) is 12.3. The number of esters is 1. The second-order valence-electron chi connectivity index (χ2n) is 4.11. The van der Waals surface area contributed by atoms with Crippen LogP contribution in [0.3, 0.4) is 0 Å². The zero-order chi connectivity index (χ0) is 12.3. The van der Waals surface area contributed by atoms with Crippen molar-refractivity contribution in [2.45, 2.75) is 31.8 Å². The molecule has 0 N–H and O–H groups in total. The van der Waals surface area contributed by atoms with Crippen molar-refractivity contribution in [3.8, 4) is 0 Å². The van der Waals surface area contributed by atoms with Crippen LogP contribution in [0.25, 0.3) is 0 Å². The van der Waals surface area contributed by atoms with E-state index in [4.69, 9.17) is 4.74 Å². The fourth-order valence-corrected chi connectivity index (χ4v) is 2.12. The van der Waals surface area contributed by atoms with E-state index < -0.39 is 12.1 Å². The number of carbonyl (C=O) groups is 2. The Morgan fingerprint density at radius 2 is 1.94 bits per heavy atom. The van der Waals surface area contributed by atoms with Crippen LogP contribution in [0.5, 0.6) is 0 Å². The van der Waals surface area contributed by atoms with Gasteiger partial charge in [0, 0.05) is 10.9 Å². The molecule has 2 rings (SSSR count). The minimum atomic E-state index is -0.542. The molecule has 4 heteroatoms. The Labute approximate surface area is 108 Å². The van der Waals surface area contributed by atoms with Crippen LogP contribution in [-0.4, -0.2) is 17.9 Å². The quantitative estimate of drug-likeness (QED) is 0.788. The van der Waals surface area contributed by atoms with Gasteiger partial charge in [0.15, 0.2) is 11.9 Å². The van der Waals surface area contributed by atoms with Crippen molar-refractivity contribution in [1.82, 2.24) is 0 Å². The molecule has 0 amide bonds. The third-order valence-corrected chi connectivity index (χ3v) is 3.36. The van der Waals surface area contributed by atoms with Crippen LogP contribution >= 0.6 is 15.9 Å². The summed E-state index contributed by atoms with van der Waals surface area (Å²) in [5.74, 6) is -0.375. The maximum absolute atomic E-state index is 11.8. The van der Waals surface area contributed by atoms with Crippen LogP contribution in [0.1, 0.15) is 36.0 Å². The van der Waals surface area contributed by atoms with Gasteiger partial charge in [-0.15, -0.1) is 0 Å². The molecule has 1 saturated carbocycles. The Bertz CT molecular complexity index is 425. The van der Waals surface area contributed by atoms with Crippen molar-refractivity contribution in [1.29, 1.82) is 0 Å². The lowest BCUT2D eigenvalue weighted by molar-refractivity contribution is -0.129. The fraction of sp³-hybridized carbons (Fsp3) is 0.385. The second-order valence-corrected chi connectivity index (χ2v) is 5.03. The highest BCUT2D eigenvalue weighted by Gasteiger charge is 2.26. The summed E-state index contributed by atoms with van der Waals surface area (Å²) >= 11 is 3.30. The Kier molecular flexibility index (Phi) is 3.94. The van der Waals surface area contributed by atoms with Gasteiger partial charge in [0.1, 0.15) is 0 Å². The Morgan fingerprint density at radius 3 is 2.59 bits per heavy atom. The summed E-state index contributed by atoms with van der Waals surface area (Å²) in [6, 6.07) is 6.91. The molecular weight excluding hydrogens is 284 g/mol. The molecule has 90 valence electrons. The molecule has 1 atom stereocenters. The van der Waals surface area contributed by atoms with Gasteiger partial charge in [0.05, 0.1) is 5.56 Å². The molecule has 0 bridgehead atoms. The SMILES string of the molecule is O=C(O[C@@H]1CCCCC1=O)c1ccc(Br)cc1. The second kappa shape index (κ2) is 5.45. The summed E-state index contributed by atoms with van der Waals surface area (Å²) in [4.78, 5) is 23.3. The molecule has 1 aliphatic carbocycles. The first-order valence-corrected chi connectivity index (χ1v) is 6.45. The molecule has 1 aromatic carbocycles. The van der Waals surface area contributed by atoms with Crippen LogP contribution in [0.2, 0.25) is 0 Å². The van der Waals surface area contributed by atoms with E-state index in [1.165, 1.54) is 0 Å². The number of benzene rings is 1. The van der Waals surface area contributed by atoms with Crippen LogP contribution in [0.15, 0.2) is 28.7 Å². The summed E-state index contributed by atoms with van der Waals surface area (Å²) < 4.78 is 6.13. The average Bonchev–Trinajstić information content (AvgIpc) is 2.33. The van der Waals surface area contributed by atoms with E-state index in [-0.39, 0.29) is 5.78 Å². The van der Waals surface area contributed by atoms with Gasteiger partial charge < -0.3 is 4.74 Å². The molecule has 0 spiro atoms. The number of ketones is 1. The van der Waals surface area contributed by atoms with E-state index in [9.17, 15) is 9.59 Å². The Balaban J connectivity index is 2.01.